The van der Waals surface area contributed by atoms with Gasteiger partial charge >= 0.3 is 6.09 Å². The summed E-state index contributed by atoms with van der Waals surface area (Å²) in [4.78, 5) is 27.8. The topological polar surface area (TPSA) is 72.9 Å². The molecule has 1 aromatic carbocycles. The average molecular weight is 398 g/mol. The smallest absolute Gasteiger partial charge is 0.407 e. The molecule has 2 heterocycles. The molecule has 6 nitrogen and oxygen atoms in total. The maximum Gasteiger partial charge on any atom is 0.407 e. The van der Waals surface area contributed by atoms with E-state index in [1.807, 2.05) is 0 Å². The molecule has 2 amide bonds. The number of carbonyl (C=O) groups excluding carboxylic acids is 1. The van der Waals surface area contributed by atoms with Crippen LogP contribution in [-0.2, 0) is 4.79 Å². The van der Waals surface area contributed by atoms with Gasteiger partial charge in [-0.15, -0.1) is 0 Å². The Morgan fingerprint density at radius 2 is 2.04 bits per heavy atom. The Morgan fingerprint density at radius 1 is 1.33 bits per heavy atom. The molecule has 148 valence electrons. The fraction of sp³-hybridized carbons (Fsp3) is 0.579. The van der Waals surface area contributed by atoms with Gasteiger partial charge < -0.3 is 20.2 Å². The number of halogens is 2. The third-order valence-electron chi connectivity index (χ3n) is 5.65. The summed E-state index contributed by atoms with van der Waals surface area (Å²) >= 11 is 5.79. The van der Waals surface area contributed by atoms with Gasteiger partial charge in [0.05, 0.1) is 11.1 Å². The largest absolute Gasteiger partial charge is 0.465 e. The number of nitrogens with zero attached hydrogens (tertiary/aromatic N) is 2. The lowest BCUT2D eigenvalue weighted by molar-refractivity contribution is -0.135. The van der Waals surface area contributed by atoms with Gasteiger partial charge in [-0.1, -0.05) is 17.7 Å². The highest BCUT2D eigenvalue weighted by Crippen LogP contribution is 2.34. The minimum Gasteiger partial charge on any atom is -0.465 e. The lowest BCUT2D eigenvalue weighted by atomic mass is 9.93. The SMILES string of the molecule is CCN(C(=O)O)[C@@H]1CN(C(=O)C2CCNCC2)C[C@H]1c1ccc(Cl)c(F)c1. The summed E-state index contributed by atoms with van der Waals surface area (Å²) in [6.07, 6.45) is 0.547. The van der Waals surface area contributed by atoms with Crippen molar-refractivity contribution in [3.63, 3.8) is 0 Å². The normalized spacial score (nSPS) is 23.4. The first-order valence-electron chi connectivity index (χ1n) is 9.36. The summed E-state index contributed by atoms with van der Waals surface area (Å²) in [5.41, 5.74) is 0.669. The molecule has 0 saturated carbocycles. The number of likely N-dealkylation sites (N-methyl/N-ethyl adjacent to an activating group) is 1. The second kappa shape index (κ2) is 8.44. The minimum absolute atomic E-state index is 0.0292. The number of amides is 2. The van der Waals surface area contributed by atoms with E-state index in [-0.39, 0.29) is 22.8 Å². The third kappa shape index (κ3) is 4.19. The van der Waals surface area contributed by atoms with Crippen molar-refractivity contribution in [2.45, 2.75) is 31.7 Å². The molecule has 3 rings (SSSR count). The second-order valence-corrected chi connectivity index (χ2v) is 7.59. The second-order valence-electron chi connectivity index (χ2n) is 7.18. The summed E-state index contributed by atoms with van der Waals surface area (Å²) in [7, 11) is 0. The quantitative estimate of drug-likeness (QED) is 0.819. The maximum atomic E-state index is 14.0. The zero-order valence-electron chi connectivity index (χ0n) is 15.3. The van der Waals surface area contributed by atoms with E-state index in [0.29, 0.717) is 25.2 Å². The number of nitrogens with one attached hydrogen (secondary N) is 1. The molecule has 2 N–H and O–H groups in total. The molecule has 8 heteroatoms. The molecule has 0 bridgehead atoms. The van der Waals surface area contributed by atoms with Crippen LogP contribution in [0.3, 0.4) is 0 Å². The van der Waals surface area contributed by atoms with Crippen molar-refractivity contribution in [1.29, 1.82) is 0 Å². The number of carboxylic acid groups (broad SMARTS) is 1. The standard InChI is InChI=1S/C19H25ClFN3O3/c1-2-24(19(26)27)17-11-23(18(25)12-5-7-22-8-6-12)10-14(17)13-3-4-15(20)16(21)9-13/h3-4,9,12,14,17,22H,2,5-8,10-11H2,1H3,(H,26,27)/t14-,17+/m0/s1. The highest BCUT2D eigenvalue weighted by Gasteiger charge is 2.42. The van der Waals surface area contributed by atoms with Gasteiger partial charge in [0, 0.05) is 31.5 Å². The predicted octanol–water partition coefficient (Wildman–Crippen LogP) is 2.77. The average Bonchev–Trinajstić information content (AvgIpc) is 3.09. The van der Waals surface area contributed by atoms with Gasteiger partial charge in [0.1, 0.15) is 5.82 Å². The van der Waals surface area contributed by atoms with Crippen LogP contribution in [0.5, 0.6) is 0 Å². The monoisotopic (exact) mass is 397 g/mol. The molecule has 2 fully saturated rings. The van der Waals surface area contributed by atoms with Crippen molar-refractivity contribution in [3.8, 4) is 0 Å². The number of likely N-dealkylation sites (tertiary alicyclic amines) is 1. The van der Waals surface area contributed by atoms with Gasteiger partial charge in [-0.05, 0) is 50.6 Å². The fourth-order valence-corrected chi connectivity index (χ4v) is 4.31. The van der Waals surface area contributed by atoms with Crippen molar-refractivity contribution in [1.82, 2.24) is 15.1 Å². The van der Waals surface area contributed by atoms with E-state index in [9.17, 15) is 19.1 Å². The van der Waals surface area contributed by atoms with E-state index in [4.69, 9.17) is 11.6 Å². The van der Waals surface area contributed by atoms with Crippen molar-refractivity contribution < 1.29 is 19.1 Å². The number of piperidine rings is 1. The van der Waals surface area contributed by atoms with Crippen LogP contribution in [0.15, 0.2) is 18.2 Å². The summed E-state index contributed by atoms with van der Waals surface area (Å²) < 4.78 is 14.0. The van der Waals surface area contributed by atoms with Crippen LogP contribution in [0.1, 0.15) is 31.2 Å². The fourth-order valence-electron chi connectivity index (χ4n) is 4.19. The van der Waals surface area contributed by atoms with Crippen molar-refractivity contribution in [2.24, 2.45) is 5.92 Å². The summed E-state index contributed by atoms with van der Waals surface area (Å²) in [6.45, 7) is 4.42. The Morgan fingerprint density at radius 3 is 2.63 bits per heavy atom. The number of carbonyl (C=O) groups is 2. The molecule has 0 unspecified atom stereocenters. The molecule has 0 spiro atoms. The predicted molar refractivity (Wildman–Crippen MR) is 101 cm³/mol. The zero-order valence-corrected chi connectivity index (χ0v) is 16.1. The van der Waals surface area contributed by atoms with Crippen LogP contribution in [-0.4, -0.2) is 65.7 Å². The lowest BCUT2D eigenvalue weighted by Gasteiger charge is -2.29. The van der Waals surface area contributed by atoms with Crippen LogP contribution < -0.4 is 5.32 Å². The van der Waals surface area contributed by atoms with E-state index in [1.165, 1.54) is 17.0 Å². The van der Waals surface area contributed by atoms with Crippen LogP contribution in [0.2, 0.25) is 5.02 Å². The Kier molecular flexibility index (Phi) is 6.22. The minimum atomic E-state index is -1.03. The van der Waals surface area contributed by atoms with E-state index < -0.39 is 18.0 Å². The number of rotatable bonds is 4. The molecule has 2 aliphatic heterocycles. The van der Waals surface area contributed by atoms with Crippen LogP contribution in [0.4, 0.5) is 9.18 Å². The van der Waals surface area contributed by atoms with E-state index in [2.05, 4.69) is 5.32 Å². The van der Waals surface area contributed by atoms with E-state index in [1.54, 1.807) is 17.9 Å². The van der Waals surface area contributed by atoms with Gasteiger partial charge in [0.25, 0.3) is 0 Å². The first-order chi connectivity index (χ1) is 12.9. The molecule has 2 atom stereocenters. The molecule has 27 heavy (non-hydrogen) atoms. The molecular formula is C19H25ClFN3O3. The maximum absolute atomic E-state index is 14.0. The molecule has 1 aromatic rings. The first-order valence-corrected chi connectivity index (χ1v) is 9.74. The van der Waals surface area contributed by atoms with Gasteiger partial charge in [-0.3, -0.25) is 4.79 Å². The van der Waals surface area contributed by atoms with Gasteiger partial charge in [0.15, 0.2) is 0 Å². The highest BCUT2D eigenvalue weighted by molar-refractivity contribution is 6.30. The molecule has 0 radical (unpaired) electrons. The Balaban J connectivity index is 1.86. The molecule has 2 saturated heterocycles. The lowest BCUT2D eigenvalue weighted by Crippen LogP contribution is -2.45. The Labute approximate surface area is 163 Å². The Hall–Kier alpha value is -1.86. The van der Waals surface area contributed by atoms with Crippen LogP contribution in [0, 0.1) is 11.7 Å². The first kappa shape index (κ1) is 19.9. The number of hydrogen-bond donors (Lipinski definition) is 2. The van der Waals surface area contributed by atoms with Gasteiger partial charge in [-0.2, -0.15) is 0 Å². The molecule has 2 aliphatic rings. The van der Waals surface area contributed by atoms with Crippen molar-refractivity contribution >= 4 is 23.6 Å². The third-order valence-corrected chi connectivity index (χ3v) is 5.95. The van der Waals surface area contributed by atoms with Crippen molar-refractivity contribution in [3.05, 3.63) is 34.6 Å². The number of benzene rings is 1. The zero-order chi connectivity index (χ0) is 19.6. The van der Waals surface area contributed by atoms with Gasteiger partial charge in [-0.25, -0.2) is 9.18 Å². The summed E-state index contributed by atoms with van der Waals surface area (Å²) in [5, 5.41) is 12.9. The van der Waals surface area contributed by atoms with Crippen molar-refractivity contribution in [2.75, 3.05) is 32.7 Å². The van der Waals surface area contributed by atoms with E-state index in [0.717, 1.165) is 25.9 Å². The van der Waals surface area contributed by atoms with Gasteiger partial charge in [0.2, 0.25) is 5.91 Å². The molecule has 0 aromatic heterocycles. The summed E-state index contributed by atoms with van der Waals surface area (Å²) in [6, 6.07) is 4.15. The highest BCUT2D eigenvalue weighted by atomic mass is 35.5. The van der Waals surface area contributed by atoms with E-state index >= 15 is 0 Å². The molecule has 0 aliphatic carbocycles. The van der Waals surface area contributed by atoms with Crippen LogP contribution in [0.25, 0.3) is 0 Å². The summed E-state index contributed by atoms with van der Waals surface area (Å²) in [5.74, 6) is -0.778. The van der Waals surface area contributed by atoms with Crippen LogP contribution >= 0.6 is 11.6 Å². The number of hydrogen-bond acceptors (Lipinski definition) is 3. The molecular weight excluding hydrogens is 373 g/mol. The Bertz CT molecular complexity index is 711.